The summed E-state index contributed by atoms with van der Waals surface area (Å²) in [6.45, 7) is 0.756. The molecule has 0 bridgehead atoms. The lowest BCUT2D eigenvalue weighted by Crippen LogP contribution is -2.36. The Morgan fingerprint density at radius 3 is 2.69 bits per heavy atom. The van der Waals surface area contributed by atoms with Crippen molar-refractivity contribution in [2.75, 3.05) is 33.4 Å². The third-order valence-electron chi connectivity index (χ3n) is 2.42. The molecule has 2 N–H and O–H groups in total. The zero-order chi connectivity index (χ0) is 12.0. The van der Waals surface area contributed by atoms with Crippen LogP contribution in [0.25, 0.3) is 0 Å². The van der Waals surface area contributed by atoms with Crippen LogP contribution in [0.3, 0.4) is 0 Å². The number of nitrogens with one attached hydrogen (secondary N) is 1. The summed E-state index contributed by atoms with van der Waals surface area (Å²) in [5.74, 6) is -1.34. The van der Waals surface area contributed by atoms with Gasteiger partial charge in [-0.1, -0.05) is 0 Å². The first-order chi connectivity index (χ1) is 7.59. The predicted octanol–water partition coefficient (Wildman–Crippen LogP) is -0.702. The Hall–Kier alpha value is -1.14. The van der Waals surface area contributed by atoms with Crippen molar-refractivity contribution in [1.82, 2.24) is 10.2 Å². The van der Waals surface area contributed by atoms with Gasteiger partial charge in [0.25, 0.3) is 0 Å². The fraction of sp³-hybridized carbons (Fsp3) is 0.800. The highest BCUT2D eigenvalue weighted by Crippen LogP contribution is 2.24. The molecule has 1 aliphatic rings. The second kappa shape index (κ2) is 6.44. The van der Waals surface area contributed by atoms with E-state index in [2.05, 4.69) is 15.0 Å². The Balaban J connectivity index is 1.94. The van der Waals surface area contributed by atoms with Crippen molar-refractivity contribution in [2.45, 2.75) is 18.9 Å². The minimum absolute atomic E-state index is 0.195. The molecule has 0 saturated heterocycles. The lowest BCUT2D eigenvalue weighted by molar-refractivity contribution is -0.143. The van der Waals surface area contributed by atoms with Crippen molar-refractivity contribution >= 4 is 11.9 Å². The first-order valence-electron chi connectivity index (χ1n) is 5.36. The van der Waals surface area contributed by atoms with Gasteiger partial charge in [0.2, 0.25) is 5.91 Å². The molecule has 0 aromatic carbocycles. The van der Waals surface area contributed by atoms with Crippen LogP contribution in [-0.4, -0.2) is 61.3 Å². The molecule has 0 spiro atoms. The summed E-state index contributed by atoms with van der Waals surface area (Å²) in [4.78, 5) is 23.5. The molecule has 6 nitrogen and oxygen atoms in total. The average Bonchev–Trinajstić information content (AvgIpc) is 2.99. The molecule has 0 aliphatic heterocycles. The molecule has 16 heavy (non-hydrogen) atoms. The van der Waals surface area contributed by atoms with Crippen LogP contribution in [0.5, 0.6) is 0 Å². The maximum Gasteiger partial charge on any atom is 0.329 e. The van der Waals surface area contributed by atoms with Crippen LogP contribution >= 0.6 is 0 Å². The molecule has 0 heterocycles. The zero-order valence-corrected chi connectivity index (χ0v) is 9.44. The fourth-order valence-corrected chi connectivity index (χ4v) is 1.35. The van der Waals surface area contributed by atoms with E-state index in [9.17, 15) is 9.59 Å². The molecule has 1 fully saturated rings. The van der Waals surface area contributed by atoms with E-state index in [4.69, 9.17) is 5.11 Å². The first-order valence-corrected chi connectivity index (χ1v) is 5.36. The molecule has 0 aromatic rings. The minimum atomic E-state index is -1.07. The van der Waals surface area contributed by atoms with E-state index in [0.29, 0.717) is 12.6 Å². The largest absolute Gasteiger partial charge is 0.480 e. The number of aliphatic carboxylic acids is 1. The van der Waals surface area contributed by atoms with E-state index in [-0.39, 0.29) is 12.5 Å². The number of rotatable bonds is 8. The lowest BCUT2D eigenvalue weighted by Gasteiger charge is -2.15. The molecule has 1 rings (SSSR count). The number of ether oxygens (including phenoxy) is 1. The maximum atomic E-state index is 11.1. The highest BCUT2D eigenvalue weighted by atomic mass is 16.5. The van der Waals surface area contributed by atoms with Crippen molar-refractivity contribution < 1.29 is 19.4 Å². The van der Waals surface area contributed by atoms with E-state index < -0.39 is 12.6 Å². The van der Waals surface area contributed by atoms with Gasteiger partial charge in [-0.05, 0) is 19.9 Å². The summed E-state index contributed by atoms with van der Waals surface area (Å²) in [5, 5.41) is 11.0. The third-order valence-corrected chi connectivity index (χ3v) is 2.42. The van der Waals surface area contributed by atoms with Gasteiger partial charge in [0.1, 0.15) is 13.2 Å². The summed E-state index contributed by atoms with van der Waals surface area (Å²) >= 11 is 0. The van der Waals surface area contributed by atoms with Gasteiger partial charge in [-0.3, -0.25) is 4.79 Å². The molecule has 0 radical (unpaired) electrons. The van der Waals surface area contributed by atoms with Gasteiger partial charge < -0.3 is 20.1 Å². The molecular formula is C10H18N2O4. The van der Waals surface area contributed by atoms with Gasteiger partial charge in [-0.15, -0.1) is 0 Å². The standard InChI is InChI=1S/C10H18N2O4/c1-12(8-2-3-8)5-4-11-9(13)6-16-7-10(14)15/h8H,2-7H2,1H3,(H,11,13)(H,14,15). The normalized spacial score (nSPS) is 15.1. The summed E-state index contributed by atoms with van der Waals surface area (Å²) in [5.41, 5.74) is 0. The van der Waals surface area contributed by atoms with Crippen molar-refractivity contribution in [3.8, 4) is 0 Å². The van der Waals surface area contributed by atoms with E-state index in [0.717, 1.165) is 6.54 Å². The van der Waals surface area contributed by atoms with Gasteiger partial charge in [0, 0.05) is 19.1 Å². The summed E-state index contributed by atoms with van der Waals surface area (Å²) in [6.07, 6.45) is 2.48. The van der Waals surface area contributed by atoms with Crippen LogP contribution in [0.15, 0.2) is 0 Å². The smallest absolute Gasteiger partial charge is 0.329 e. The Kier molecular flexibility index (Phi) is 5.21. The Labute approximate surface area is 94.6 Å². The number of carboxylic acids is 1. The molecule has 1 amide bonds. The van der Waals surface area contributed by atoms with Gasteiger partial charge >= 0.3 is 5.97 Å². The Morgan fingerprint density at radius 2 is 2.12 bits per heavy atom. The van der Waals surface area contributed by atoms with Crippen LogP contribution in [0.4, 0.5) is 0 Å². The molecular weight excluding hydrogens is 212 g/mol. The number of nitrogens with zero attached hydrogens (tertiary/aromatic N) is 1. The van der Waals surface area contributed by atoms with Crippen LogP contribution in [0, 0.1) is 0 Å². The lowest BCUT2D eigenvalue weighted by atomic mass is 10.5. The maximum absolute atomic E-state index is 11.1. The topological polar surface area (TPSA) is 78.9 Å². The van der Waals surface area contributed by atoms with E-state index in [1.807, 2.05) is 7.05 Å². The number of carbonyl (C=O) groups is 2. The van der Waals surface area contributed by atoms with E-state index >= 15 is 0 Å². The van der Waals surface area contributed by atoms with Crippen LogP contribution in [0.2, 0.25) is 0 Å². The first kappa shape index (κ1) is 12.9. The van der Waals surface area contributed by atoms with Gasteiger partial charge in [0.15, 0.2) is 0 Å². The molecule has 1 aliphatic carbocycles. The minimum Gasteiger partial charge on any atom is -0.480 e. The Morgan fingerprint density at radius 1 is 1.44 bits per heavy atom. The molecule has 92 valence electrons. The van der Waals surface area contributed by atoms with Crippen LogP contribution in [0.1, 0.15) is 12.8 Å². The number of amides is 1. The van der Waals surface area contributed by atoms with Crippen molar-refractivity contribution in [3.63, 3.8) is 0 Å². The number of hydrogen-bond acceptors (Lipinski definition) is 4. The van der Waals surface area contributed by atoms with Gasteiger partial charge in [0.05, 0.1) is 0 Å². The molecule has 0 unspecified atom stereocenters. The summed E-state index contributed by atoms with van der Waals surface area (Å²) in [6, 6.07) is 0.681. The van der Waals surface area contributed by atoms with Crippen LogP contribution in [-0.2, 0) is 14.3 Å². The Bertz CT molecular complexity index is 253. The SMILES string of the molecule is CN(CCNC(=O)COCC(=O)O)C1CC1. The number of carboxylic acid groups (broad SMARTS) is 1. The number of carbonyl (C=O) groups excluding carboxylic acids is 1. The van der Waals surface area contributed by atoms with Crippen molar-refractivity contribution in [3.05, 3.63) is 0 Å². The molecule has 6 heteroatoms. The molecule has 0 aromatic heterocycles. The fourth-order valence-electron chi connectivity index (χ4n) is 1.35. The van der Waals surface area contributed by atoms with Gasteiger partial charge in [-0.2, -0.15) is 0 Å². The van der Waals surface area contributed by atoms with Gasteiger partial charge in [-0.25, -0.2) is 4.79 Å². The second-order valence-electron chi connectivity index (χ2n) is 3.95. The third kappa shape index (κ3) is 5.67. The number of hydrogen-bond donors (Lipinski definition) is 2. The monoisotopic (exact) mass is 230 g/mol. The highest BCUT2D eigenvalue weighted by Gasteiger charge is 2.25. The molecule has 0 atom stereocenters. The van der Waals surface area contributed by atoms with E-state index in [1.165, 1.54) is 12.8 Å². The zero-order valence-electron chi connectivity index (χ0n) is 9.44. The van der Waals surface area contributed by atoms with Crippen molar-refractivity contribution in [1.29, 1.82) is 0 Å². The quantitative estimate of drug-likeness (QED) is 0.576. The average molecular weight is 230 g/mol. The summed E-state index contributed by atoms with van der Waals surface area (Å²) in [7, 11) is 2.03. The summed E-state index contributed by atoms with van der Waals surface area (Å²) < 4.78 is 4.65. The molecule has 1 saturated carbocycles. The second-order valence-corrected chi connectivity index (χ2v) is 3.95. The van der Waals surface area contributed by atoms with E-state index in [1.54, 1.807) is 0 Å². The van der Waals surface area contributed by atoms with Crippen LogP contribution < -0.4 is 5.32 Å². The predicted molar refractivity (Wildman–Crippen MR) is 57.1 cm³/mol. The highest BCUT2D eigenvalue weighted by molar-refractivity contribution is 5.77. The van der Waals surface area contributed by atoms with Crippen molar-refractivity contribution in [2.24, 2.45) is 0 Å². The number of likely N-dealkylation sites (N-methyl/N-ethyl adjacent to an activating group) is 1.